The van der Waals surface area contributed by atoms with Gasteiger partial charge in [0.1, 0.15) is 17.8 Å². The zero-order chi connectivity index (χ0) is 27.0. The zero-order valence-electron chi connectivity index (χ0n) is 20.1. The molecule has 6 rings (SSSR count). The number of guanidine groups is 2. The number of nitrogens with zero attached hydrogens (tertiary/aromatic N) is 2. The van der Waals surface area contributed by atoms with Gasteiger partial charge in [0, 0.05) is 18.2 Å². The van der Waals surface area contributed by atoms with Gasteiger partial charge in [0.05, 0.1) is 18.7 Å². The van der Waals surface area contributed by atoms with Crippen molar-refractivity contribution in [2.24, 2.45) is 11.5 Å². The summed E-state index contributed by atoms with van der Waals surface area (Å²) in [6.07, 6.45) is 0.207. The number of hydrogen-bond acceptors (Lipinski definition) is 10. The molecule has 198 valence electrons. The van der Waals surface area contributed by atoms with Gasteiger partial charge >= 0.3 is 11.9 Å². The molecule has 2 aromatic rings. The maximum Gasteiger partial charge on any atom is 0.347 e. The van der Waals surface area contributed by atoms with Crippen molar-refractivity contribution in [3.8, 4) is 5.75 Å². The molecular formula is C24H28N8O6+2. The average molecular weight is 525 g/mol. The van der Waals surface area contributed by atoms with E-state index in [9.17, 15) is 29.7 Å². The van der Waals surface area contributed by atoms with Crippen LogP contribution >= 0.6 is 0 Å². The Morgan fingerprint density at radius 1 is 1.16 bits per heavy atom. The van der Waals surface area contributed by atoms with E-state index in [1.807, 2.05) is 0 Å². The van der Waals surface area contributed by atoms with E-state index < -0.39 is 35.5 Å². The maximum atomic E-state index is 13.2. The summed E-state index contributed by atoms with van der Waals surface area (Å²) in [6.45, 7) is -0.225. The van der Waals surface area contributed by atoms with Crippen molar-refractivity contribution in [2.75, 3.05) is 13.1 Å². The van der Waals surface area contributed by atoms with Crippen LogP contribution in [0.3, 0.4) is 0 Å². The van der Waals surface area contributed by atoms with Crippen LogP contribution in [0.15, 0.2) is 36.4 Å². The molecule has 14 nitrogen and oxygen atoms in total. The van der Waals surface area contributed by atoms with E-state index in [1.54, 1.807) is 30.3 Å². The lowest BCUT2D eigenvalue weighted by atomic mass is 9.85. The molecule has 11 N–H and O–H groups in total. The summed E-state index contributed by atoms with van der Waals surface area (Å²) in [5.74, 6) is -4.23. The molecule has 0 aliphatic carbocycles. The van der Waals surface area contributed by atoms with Crippen LogP contribution < -0.4 is 32.4 Å². The number of rotatable bonds is 4. The third-order valence-electron chi connectivity index (χ3n) is 7.94. The Morgan fingerprint density at radius 2 is 1.87 bits per heavy atom. The van der Waals surface area contributed by atoms with Gasteiger partial charge in [0.2, 0.25) is 11.8 Å². The number of benzene rings is 2. The molecule has 14 heteroatoms. The van der Waals surface area contributed by atoms with E-state index in [0.717, 1.165) is 10.3 Å². The third kappa shape index (κ3) is 3.16. The SMILES string of the molecule is NC1=[NH+][C@H]2[C@H](CN3C(=O)CCC3=O)NC(N)=[N+]3CC(NC(=O)c4ccc5ccccc5c4O)C(O)(O)[C@]23N1. The first kappa shape index (κ1) is 23.9. The van der Waals surface area contributed by atoms with Gasteiger partial charge in [-0.2, -0.15) is 0 Å². The number of likely N-dealkylation sites (tertiary alicyclic amines) is 1. The smallest absolute Gasteiger partial charge is 0.347 e. The molecule has 4 atom stereocenters. The number of imide groups is 1. The van der Waals surface area contributed by atoms with Crippen LogP contribution in [-0.4, -0.2) is 97.1 Å². The molecule has 2 fully saturated rings. The monoisotopic (exact) mass is 524 g/mol. The number of phenols is 1. The number of carbonyl (C=O) groups excluding carboxylic acids is 3. The number of phenolic OH excluding ortho intramolecular Hbond substituents is 1. The summed E-state index contributed by atoms with van der Waals surface area (Å²) in [6, 6.07) is 7.21. The predicted octanol–water partition coefficient (Wildman–Crippen LogP) is -5.15. The molecule has 2 saturated heterocycles. The highest BCUT2D eigenvalue weighted by atomic mass is 16.5. The predicted molar refractivity (Wildman–Crippen MR) is 131 cm³/mol. The molecule has 0 bridgehead atoms. The number of fused-ring (bicyclic) bond motifs is 1. The Hall–Kier alpha value is -4.43. The highest BCUT2D eigenvalue weighted by molar-refractivity contribution is 6.04. The lowest BCUT2D eigenvalue weighted by molar-refractivity contribution is -0.674. The highest BCUT2D eigenvalue weighted by Gasteiger charge is 2.78. The molecule has 0 saturated carbocycles. The molecule has 38 heavy (non-hydrogen) atoms. The van der Waals surface area contributed by atoms with Gasteiger partial charge in [0.25, 0.3) is 17.4 Å². The van der Waals surface area contributed by atoms with Crippen molar-refractivity contribution in [3.63, 3.8) is 0 Å². The van der Waals surface area contributed by atoms with Crippen LogP contribution in [0.1, 0.15) is 23.2 Å². The van der Waals surface area contributed by atoms with Crippen molar-refractivity contribution in [3.05, 3.63) is 42.0 Å². The number of aliphatic hydroxyl groups is 2. The molecule has 4 aliphatic rings. The number of amides is 3. The van der Waals surface area contributed by atoms with Crippen LogP contribution in [0, 0.1) is 0 Å². The number of hydrogen-bond donors (Lipinski definition) is 9. The van der Waals surface area contributed by atoms with Gasteiger partial charge in [-0.15, -0.1) is 0 Å². The second kappa shape index (κ2) is 8.03. The lowest BCUT2D eigenvalue weighted by Crippen LogP contribution is -2.92. The fourth-order valence-corrected chi connectivity index (χ4v) is 6.09. The summed E-state index contributed by atoms with van der Waals surface area (Å²) < 4.78 is 1.44. The van der Waals surface area contributed by atoms with E-state index in [4.69, 9.17) is 11.5 Å². The summed E-state index contributed by atoms with van der Waals surface area (Å²) in [7, 11) is 0. The van der Waals surface area contributed by atoms with E-state index in [1.165, 1.54) is 10.6 Å². The standard InChI is InChI=1S/C24H26N8O6/c25-21-29-19-14(9-31-16(33)7-8-17(31)34)27-22(26)32-10-15(24(37,38)23(19,32)30-21)28-20(36)13-6-5-11-3-1-2-4-12(11)18(13)35/h1-6,14-15,19,37-38H,7-10H2,(H7,25,26,27,28,29,30,35,36)/p+2/t14-,15?,19-,23-/m0/s1. The minimum absolute atomic E-state index is 0.0206. The zero-order valence-corrected chi connectivity index (χ0v) is 20.1. The van der Waals surface area contributed by atoms with Crippen LogP contribution in [0.2, 0.25) is 0 Å². The summed E-state index contributed by atoms with van der Waals surface area (Å²) >= 11 is 0. The van der Waals surface area contributed by atoms with Gasteiger partial charge in [0.15, 0.2) is 6.04 Å². The van der Waals surface area contributed by atoms with Crippen LogP contribution in [0.25, 0.3) is 10.8 Å². The first-order valence-electron chi connectivity index (χ1n) is 12.2. The van der Waals surface area contributed by atoms with Gasteiger partial charge < -0.3 is 20.6 Å². The quantitative estimate of drug-likeness (QED) is 0.105. The van der Waals surface area contributed by atoms with Gasteiger partial charge in [-0.1, -0.05) is 30.3 Å². The molecule has 3 amide bonds. The van der Waals surface area contributed by atoms with Crippen molar-refractivity contribution in [1.29, 1.82) is 0 Å². The van der Waals surface area contributed by atoms with Gasteiger partial charge in [-0.25, -0.2) is 9.89 Å². The fourth-order valence-electron chi connectivity index (χ4n) is 6.09. The van der Waals surface area contributed by atoms with E-state index in [0.29, 0.717) is 5.39 Å². The van der Waals surface area contributed by atoms with Crippen molar-refractivity contribution >= 4 is 40.4 Å². The van der Waals surface area contributed by atoms with Crippen LogP contribution in [0.4, 0.5) is 0 Å². The Kier molecular flexibility index (Phi) is 5.06. The Bertz CT molecular complexity index is 1460. The summed E-state index contributed by atoms with van der Waals surface area (Å²) in [4.78, 5) is 41.9. The molecule has 0 aromatic heterocycles. The van der Waals surface area contributed by atoms with Crippen molar-refractivity contribution in [1.82, 2.24) is 20.9 Å². The molecule has 4 heterocycles. The molecule has 1 spiro atoms. The number of nitrogens with two attached hydrogens (primary N) is 2. The Morgan fingerprint density at radius 3 is 2.61 bits per heavy atom. The second-order valence-corrected chi connectivity index (χ2v) is 10.0. The minimum Gasteiger partial charge on any atom is -0.506 e. The third-order valence-corrected chi connectivity index (χ3v) is 7.94. The van der Waals surface area contributed by atoms with Gasteiger partial charge in [-0.05, 0) is 11.5 Å². The highest BCUT2D eigenvalue weighted by Crippen LogP contribution is 2.38. The first-order valence-corrected chi connectivity index (χ1v) is 12.2. The average Bonchev–Trinajstić information content (AvgIpc) is 3.47. The lowest BCUT2D eigenvalue weighted by Gasteiger charge is -2.41. The molecule has 0 radical (unpaired) electrons. The molecule has 2 aromatic carbocycles. The molecule has 1 unspecified atom stereocenters. The van der Waals surface area contributed by atoms with Crippen LogP contribution in [0.5, 0.6) is 5.75 Å². The largest absolute Gasteiger partial charge is 0.506 e. The molecular weight excluding hydrogens is 496 g/mol. The van der Waals surface area contributed by atoms with Crippen LogP contribution in [-0.2, 0) is 9.59 Å². The van der Waals surface area contributed by atoms with E-state index in [-0.39, 0.29) is 61.0 Å². The minimum atomic E-state index is -2.65. The number of nitrogens with one attached hydrogen (secondary N) is 4. The van der Waals surface area contributed by atoms with Gasteiger partial charge in [-0.3, -0.25) is 41.1 Å². The van der Waals surface area contributed by atoms with Crippen molar-refractivity contribution < 1.29 is 39.3 Å². The topological polar surface area (TPSA) is 220 Å². The van der Waals surface area contributed by atoms with Crippen molar-refractivity contribution in [2.45, 2.75) is 42.4 Å². The molecule has 4 aliphatic heterocycles. The van der Waals surface area contributed by atoms with E-state index >= 15 is 0 Å². The van der Waals surface area contributed by atoms with E-state index in [2.05, 4.69) is 20.9 Å². The Balaban J connectivity index is 1.33. The maximum absolute atomic E-state index is 13.2. The number of carbonyl (C=O) groups is 3. The summed E-state index contributed by atoms with van der Waals surface area (Å²) in [5, 5.41) is 43.7. The second-order valence-electron chi connectivity index (χ2n) is 10.0. The number of aromatic hydroxyl groups is 1. The first-order chi connectivity index (χ1) is 18.0. The normalized spacial score (nSPS) is 29.6. The summed E-state index contributed by atoms with van der Waals surface area (Å²) in [5.41, 5.74) is 10.6. The Labute approximate surface area is 215 Å². The fraction of sp³-hybridized carbons (Fsp3) is 0.375.